The lowest BCUT2D eigenvalue weighted by Gasteiger charge is -2.37. The minimum Gasteiger partial charge on any atom is -0.390 e. The second-order valence-corrected chi connectivity index (χ2v) is 32.7. The van der Waals surface area contributed by atoms with Crippen molar-refractivity contribution in [1.82, 2.24) is 17.6 Å². The van der Waals surface area contributed by atoms with Crippen molar-refractivity contribution in [3.8, 4) is 0 Å². The number of carbonyl (C=O) groups excluding carboxylic acids is 4. The number of aromatic nitrogens is 4. The summed E-state index contributed by atoms with van der Waals surface area (Å²) >= 11 is 31.5. The number of carbonyl (C=O) groups is 4. The molecule has 1 aromatic carbocycles. The first kappa shape index (κ1) is 83.7. The van der Waals surface area contributed by atoms with E-state index in [2.05, 4.69) is 0 Å². The van der Waals surface area contributed by atoms with Crippen LogP contribution in [-0.4, -0.2) is 98.8 Å². The zero-order chi connectivity index (χ0) is 77.8. The molecule has 3 unspecified atom stereocenters. The number of benzene rings is 1. The normalized spacial score (nSPS) is 18.9. The van der Waals surface area contributed by atoms with E-state index in [1.165, 1.54) is 89.2 Å². The first-order valence-electron chi connectivity index (χ1n) is 38.6. The van der Waals surface area contributed by atoms with Crippen LogP contribution in [0.5, 0.6) is 0 Å². The number of methoxy groups -OCH3 is 3. The molecule has 23 heteroatoms. The number of Topliss-reactive ketones (excluding diaryl/α,β-unsaturated/α-hetero) is 4. The summed E-state index contributed by atoms with van der Waals surface area (Å²) in [6.07, 6.45) is 24.2. The number of alkyl halides is 6. The quantitative estimate of drug-likeness (QED) is 0.0322. The predicted molar refractivity (Wildman–Crippen MR) is 421 cm³/mol. The Labute approximate surface area is 659 Å². The van der Waals surface area contributed by atoms with Crippen LogP contribution in [0.1, 0.15) is 248 Å². The number of ether oxygens (including phenoxy) is 3. The molecular weight excluding hydrogens is 1510 g/mol. The van der Waals surface area contributed by atoms with Gasteiger partial charge in [-0.25, -0.2) is 0 Å². The number of ketones is 4. The van der Waals surface area contributed by atoms with Gasteiger partial charge in [0, 0.05) is 136 Å². The van der Waals surface area contributed by atoms with Gasteiger partial charge in [0.2, 0.25) is 0 Å². The van der Waals surface area contributed by atoms with Gasteiger partial charge < -0.3 is 36.9 Å². The van der Waals surface area contributed by atoms with Crippen LogP contribution in [-0.2, 0) is 46.1 Å². The number of rotatable bonds is 26. The average molecular weight is 1610 g/mol. The van der Waals surface area contributed by atoms with Crippen LogP contribution in [0, 0.1) is 23.2 Å². The molecule has 1 spiro atoms. The van der Waals surface area contributed by atoms with Crippen LogP contribution >= 0.6 is 58.0 Å². The maximum absolute atomic E-state index is 13.1. The van der Waals surface area contributed by atoms with Crippen molar-refractivity contribution in [1.29, 1.82) is 0 Å². The van der Waals surface area contributed by atoms with E-state index < -0.39 is 29.4 Å². The molecule has 5 fully saturated rings. The van der Waals surface area contributed by atoms with Crippen molar-refractivity contribution in [3.63, 3.8) is 0 Å². The minimum atomic E-state index is -4.54. The van der Waals surface area contributed by atoms with Crippen molar-refractivity contribution in [2.45, 2.75) is 216 Å². The fraction of sp³-hybridized carbons (Fsp3) is 0.512. The molecule has 8 heterocycles. The van der Waals surface area contributed by atoms with Crippen molar-refractivity contribution in [2.24, 2.45) is 23.2 Å². The number of hydrogen-bond donors (Lipinski definition) is 1. The van der Waals surface area contributed by atoms with Gasteiger partial charge >= 0.3 is 12.4 Å². The smallest absolute Gasteiger partial charge is 0.390 e. The van der Waals surface area contributed by atoms with Crippen LogP contribution < -0.4 is 0 Å². The maximum Gasteiger partial charge on any atom is 0.417 e. The van der Waals surface area contributed by atoms with E-state index in [1.807, 2.05) is 90.9 Å². The molecule has 5 aliphatic rings. The standard InChI is InChI=1S/C22H25ClF3NO2.C22H28ClNO2.C21H18Cl2F3NO2.C21H28ClNO2/c23-17-7-3-11-27-18(14-4-1-5-14)12-16(20(17)27)19(28)8-10-21(29)9-2-6-15(13-21)22(24,25)26;1-26-13-8-17-14-18(21-19(23)5-3-12-24(17)21)20(25)7-6-16-4-2-9-22(15-16)10-11-22;1-29-11-9-14-12-15(20-17(22)6-3-10-27(14)20)18(28)8-7-13-4-2-5-16(19(13)23)21(24,25)26;1-25-14-12-17-15-18(21-19(22)9-6-13-23(17)21)20(24)11-10-16-7-4-2-3-5-8-16/h3,7,11-12,14-15,29H,1-2,4-6,8-10,13H2;3,5,12,14,16H,2,4,6-11,13,15H2,1H3;2-6,10,12H,7-9,11H2,1H3;6,9,13,15-16H,2-5,7-8,10-12,14H2,1H3. The summed E-state index contributed by atoms with van der Waals surface area (Å²) in [5.74, 6) is 0.407. The van der Waals surface area contributed by atoms with Crippen LogP contribution in [0.3, 0.4) is 0 Å². The first-order valence-corrected chi connectivity index (χ1v) is 40.5. The molecule has 8 aromatic heterocycles. The summed E-state index contributed by atoms with van der Waals surface area (Å²) in [6, 6.07) is 26.0. The van der Waals surface area contributed by atoms with Crippen molar-refractivity contribution < 1.29 is 64.8 Å². The van der Waals surface area contributed by atoms with Crippen molar-refractivity contribution >= 4 is 103 Å². The Bertz CT molecular complexity index is 4640. The van der Waals surface area contributed by atoms with E-state index in [-0.39, 0.29) is 72.2 Å². The number of halogens is 11. The van der Waals surface area contributed by atoms with E-state index in [0.29, 0.717) is 111 Å². The molecule has 0 bridgehead atoms. The largest absolute Gasteiger partial charge is 0.417 e. The molecule has 9 aromatic rings. The second-order valence-electron chi connectivity index (χ2n) is 30.7. The maximum atomic E-state index is 13.1. The molecule has 109 heavy (non-hydrogen) atoms. The zero-order valence-corrected chi connectivity index (χ0v) is 66.1. The van der Waals surface area contributed by atoms with Gasteiger partial charge in [-0.3, -0.25) is 19.2 Å². The van der Waals surface area contributed by atoms with E-state index in [9.17, 15) is 50.6 Å². The van der Waals surface area contributed by atoms with Crippen LogP contribution in [0.4, 0.5) is 26.3 Å². The highest BCUT2D eigenvalue weighted by Crippen LogP contribution is 2.58. The van der Waals surface area contributed by atoms with Crippen molar-refractivity contribution in [2.75, 3.05) is 41.2 Å². The number of aryl methyl sites for hydroxylation is 1. The lowest BCUT2D eigenvalue weighted by atomic mass is 9.75. The number of pyridine rings is 4. The minimum absolute atomic E-state index is 0.00957. The molecule has 588 valence electrons. The Kier molecular flexibility index (Phi) is 28.9. The molecule has 12 nitrogen and oxygen atoms in total. The summed E-state index contributed by atoms with van der Waals surface area (Å²) in [5, 5.41) is 12.6. The Hall–Kier alpha value is -6.19. The highest BCUT2D eigenvalue weighted by molar-refractivity contribution is 6.36. The summed E-state index contributed by atoms with van der Waals surface area (Å²) in [4.78, 5) is 51.8. The fourth-order valence-electron chi connectivity index (χ4n) is 16.9. The van der Waals surface area contributed by atoms with Gasteiger partial charge in [-0.05, 0) is 197 Å². The number of aliphatic hydroxyl groups is 1. The topological polar surface area (TPSA) is 134 Å². The lowest BCUT2D eigenvalue weighted by molar-refractivity contribution is -0.201. The summed E-state index contributed by atoms with van der Waals surface area (Å²) < 4.78 is 102. The molecule has 5 saturated carbocycles. The number of hydrogen-bond acceptors (Lipinski definition) is 8. The third kappa shape index (κ3) is 20.8. The molecule has 5 aliphatic carbocycles. The predicted octanol–water partition coefficient (Wildman–Crippen LogP) is 24.0. The number of fused-ring (bicyclic) bond motifs is 4. The highest BCUT2D eigenvalue weighted by Gasteiger charge is 2.48. The molecular formula is C86H99Cl5F6N4O8. The summed E-state index contributed by atoms with van der Waals surface area (Å²) in [6.45, 7) is 1.75. The Balaban J connectivity index is 0.000000145. The lowest BCUT2D eigenvalue weighted by Crippen LogP contribution is -2.40. The fourth-order valence-corrected chi connectivity index (χ4v) is 18.3. The van der Waals surface area contributed by atoms with E-state index in [0.717, 1.165) is 102 Å². The van der Waals surface area contributed by atoms with Crippen LogP contribution in [0.25, 0.3) is 22.1 Å². The molecule has 0 radical (unpaired) electrons. The average Bonchev–Trinajstić information content (AvgIpc) is 1.64. The van der Waals surface area contributed by atoms with Gasteiger partial charge in [-0.2, -0.15) is 26.3 Å². The Morgan fingerprint density at radius 3 is 1.37 bits per heavy atom. The number of nitrogens with zero attached hydrogens (tertiary/aromatic N) is 4. The monoisotopic (exact) mass is 1600 g/mol. The second kappa shape index (κ2) is 37.6. The molecule has 0 amide bonds. The van der Waals surface area contributed by atoms with Gasteiger partial charge in [-0.15, -0.1) is 0 Å². The van der Waals surface area contributed by atoms with Gasteiger partial charge in [0.1, 0.15) is 0 Å². The Morgan fingerprint density at radius 2 is 0.908 bits per heavy atom. The van der Waals surface area contributed by atoms with Crippen molar-refractivity contribution in [3.05, 3.63) is 197 Å². The molecule has 0 saturated heterocycles. The third-order valence-electron chi connectivity index (χ3n) is 23.3. The van der Waals surface area contributed by atoms with Gasteiger partial charge in [0.15, 0.2) is 23.1 Å². The van der Waals surface area contributed by atoms with E-state index in [1.54, 1.807) is 45.6 Å². The molecule has 14 rings (SSSR count). The molecule has 0 aliphatic heterocycles. The zero-order valence-electron chi connectivity index (χ0n) is 62.4. The Morgan fingerprint density at radius 1 is 0.468 bits per heavy atom. The molecule has 3 atom stereocenters. The molecule has 1 N–H and O–H groups in total. The highest BCUT2D eigenvalue weighted by atomic mass is 35.5. The van der Waals surface area contributed by atoms with Crippen LogP contribution in [0.15, 0.2) is 116 Å². The van der Waals surface area contributed by atoms with E-state index in [4.69, 9.17) is 72.2 Å². The third-order valence-corrected chi connectivity index (χ3v) is 24.9. The van der Waals surface area contributed by atoms with E-state index >= 15 is 0 Å². The van der Waals surface area contributed by atoms with Gasteiger partial charge in [-0.1, -0.05) is 128 Å². The summed E-state index contributed by atoms with van der Waals surface area (Å²) in [5.41, 5.74) is 8.13. The summed E-state index contributed by atoms with van der Waals surface area (Å²) in [7, 11) is 4.99. The van der Waals surface area contributed by atoms with Gasteiger partial charge in [0.05, 0.1) is 84.1 Å². The first-order chi connectivity index (χ1) is 52.2. The SMILES string of the molecule is COCCc1cc(C(=O)CCC2CCCC3(CC3)C2)c2c(Cl)cccn12.COCCc1cc(C(=O)CCC2CCCCCC2)c2c(Cl)cccn12.COCCc1cc(C(=O)CCc2cccc(C(F)(F)F)c2Cl)c2c(Cl)cccn12.O=C(CCC1(O)CCCC(C(F)(F)F)C1)c1cc(C2CCC2)n2cccc(Cl)c12. The van der Waals surface area contributed by atoms with Gasteiger partial charge in [0.25, 0.3) is 0 Å². The van der Waals surface area contributed by atoms with Crippen LogP contribution in [0.2, 0.25) is 25.1 Å².